The fourth-order valence-corrected chi connectivity index (χ4v) is 2.67. The first-order valence-electron chi connectivity index (χ1n) is 8.10. The van der Waals surface area contributed by atoms with Gasteiger partial charge in [-0.05, 0) is 46.5 Å². The van der Waals surface area contributed by atoms with Crippen molar-refractivity contribution in [1.29, 1.82) is 0 Å². The van der Waals surface area contributed by atoms with E-state index in [1.807, 2.05) is 26.8 Å². The van der Waals surface area contributed by atoms with Gasteiger partial charge in [-0.15, -0.1) is 6.58 Å². The van der Waals surface area contributed by atoms with Crippen LogP contribution in [0.2, 0.25) is 0 Å². The highest BCUT2D eigenvalue weighted by molar-refractivity contribution is 5.68. The Labute approximate surface area is 129 Å². The van der Waals surface area contributed by atoms with Gasteiger partial charge in [-0.1, -0.05) is 18.9 Å². The number of carbonyl (C=O) groups is 1. The summed E-state index contributed by atoms with van der Waals surface area (Å²) in [4.78, 5) is 13.8. The SMILES string of the molecule is C=CCCCCCC1CN(C(=O)OC(C)(C)C)CCC1O. The number of allylic oxidation sites excluding steroid dienone is 1. The Morgan fingerprint density at radius 1 is 1.38 bits per heavy atom. The molecule has 1 saturated heterocycles. The van der Waals surface area contributed by atoms with Crippen LogP contribution in [0.4, 0.5) is 4.79 Å². The minimum atomic E-state index is -0.465. The van der Waals surface area contributed by atoms with Crippen molar-refractivity contribution >= 4 is 6.09 Å². The Balaban J connectivity index is 2.39. The van der Waals surface area contributed by atoms with Gasteiger partial charge in [0.15, 0.2) is 0 Å². The standard InChI is InChI=1S/C17H31NO3/c1-5-6-7-8-9-10-14-13-18(12-11-15(14)19)16(20)21-17(2,3)4/h5,14-15,19H,1,6-13H2,2-4H3. The second kappa shape index (κ2) is 8.42. The van der Waals surface area contributed by atoms with Gasteiger partial charge in [0, 0.05) is 19.0 Å². The number of hydrogen-bond donors (Lipinski definition) is 1. The van der Waals surface area contributed by atoms with Gasteiger partial charge in [-0.25, -0.2) is 4.79 Å². The topological polar surface area (TPSA) is 49.8 Å². The minimum absolute atomic E-state index is 0.176. The number of piperidine rings is 1. The molecule has 4 heteroatoms. The van der Waals surface area contributed by atoms with Gasteiger partial charge in [0.2, 0.25) is 0 Å². The third-order valence-electron chi connectivity index (χ3n) is 3.83. The molecular formula is C17H31NO3. The summed E-state index contributed by atoms with van der Waals surface area (Å²) in [5.74, 6) is 0.176. The molecule has 0 aliphatic carbocycles. The lowest BCUT2D eigenvalue weighted by Crippen LogP contribution is -2.47. The summed E-state index contributed by atoms with van der Waals surface area (Å²) in [7, 11) is 0. The third-order valence-corrected chi connectivity index (χ3v) is 3.83. The maximum Gasteiger partial charge on any atom is 0.410 e. The Hall–Kier alpha value is -1.03. The molecule has 0 radical (unpaired) electrons. The van der Waals surface area contributed by atoms with Crippen molar-refractivity contribution in [3.8, 4) is 0 Å². The van der Waals surface area contributed by atoms with E-state index in [9.17, 15) is 9.90 Å². The average Bonchev–Trinajstić information content (AvgIpc) is 2.38. The first kappa shape index (κ1) is 18.0. The van der Waals surface area contributed by atoms with E-state index in [2.05, 4.69) is 6.58 Å². The molecule has 1 aliphatic heterocycles. The third kappa shape index (κ3) is 6.98. The van der Waals surface area contributed by atoms with Crippen molar-refractivity contribution in [1.82, 2.24) is 4.90 Å². The van der Waals surface area contributed by atoms with E-state index in [4.69, 9.17) is 4.74 Å². The van der Waals surface area contributed by atoms with Crippen molar-refractivity contribution in [2.45, 2.75) is 71.0 Å². The van der Waals surface area contributed by atoms with Crippen LogP contribution in [0.3, 0.4) is 0 Å². The molecule has 1 N–H and O–H groups in total. The van der Waals surface area contributed by atoms with Crippen LogP contribution in [-0.2, 0) is 4.74 Å². The molecule has 0 spiro atoms. The highest BCUT2D eigenvalue weighted by Gasteiger charge is 2.32. The molecule has 1 amide bonds. The van der Waals surface area contributed by atoms with Gasteiger partial charge < -0.3 is 14.7 Å². The maximum absolute atomic E-state index is 12.1. The van der Waals surface area contributed by atoms with Crippen LogP contribution in [0, 0.1) is 5.92 Å². The first-order valence-corrected chi connectivity index (χ1v) is 8.10. The lowest BCUT2D eigenvalue weighted by Gasteiger charge is -2.37. The van der Waals surface area contributed by atoms with Crippen LogP contribution in [-0.4, -0.2) is 40.9 Å². The number of ether oxygens (including phenoxy) is 1. The molecule has 0 aromatic rings. The predicted octanol–water partition coefficient (Wildman–Crippen LogP) is 3.74. The molecular weight excluding hydrogens is 266 g/mol. The van der Waals surface area contributed by atoms with E-state index in [0.717, 1.165) is 32.1 Å². The van der Waals surface area contributed by atoms with Crippen molar-refractivity contribution in [3.63, 3.8) is 0 Å². The molecule has 2 atom stereocenters. The smallest absolute Gasteiger partial charge is 0.410 e. The number of hydrogen-bond acceptors (Lipinski definition) is 3. The van der Waals surface area contributed by atoms with Gasteiger partial charge in [0.05, 0.1) is 6.10 Å². The van der Waals surface area contributed by atoms with E-state index >= 15 is 0 Å². The summed E-state index contributed by atoms with van der Waals surface area (Å²) >= 11 is 0. The van der Waals surface area contributed by atoms with Gasteiger partial charge in [-0.2, -0.15) is 0 Å². The summed E-state index contributed by atoms with van der Waals surface area (Å²) in [6.45, 7) is 10.5. The van der Waals surface area contributed by atoms with E-state index in [-0.39, 0.29) is 18.1 Å². The predicted molar refractivity (Wildman–Crippen MR) is 85.2 cm³/mol. The summed E-state index contributed by atoms with van der Waals surface area (Å²) in [5, 5.41) is 10.1. The number of amides is 1. The number of aliphatic hydroxyl groups excluding tert-OH is 1. The molecule has 1 fully saturated rings. The summed E-state index contributed by atoms with van der Waals surface area (Å²) in [5.41, 5.74) is -0.465. The van der Waals surface area contributed by atoms with Crippen molar-refractivity contribution in [2.24, 2.45) is 5.92 Å². The van der Waals surface area contributed by atoms with E-state index in [0.29, 0.717) is 19.5 Å². The van der Waals surface area contributed by atoms with Crippen LogP contribution in [0.15, 0.2) is 12.7 Å². The Morgan fingerprint density at radius 2 is 2.10 bits per heavy atom. The van der Waals surface area contributed by atoms with Crippen molar-refractivity contribution in [2.75, 3.05) is 13.1 Å². The number of rotatable bonds is 6. The zero-order chi connectivity index (χ0) is 15.9. The highest BCUT2D eigenvalue weighted by Crippen LogP contribution is 2.24. The fourth-order valence-electron chi connectivity index (χ4n) is 2.67. The van der Waals surface area contributed by atoms with Crippen LogP contribution >= 0.6 is 0 Å². The number of likely N-dealkylation sites (tertiary alicyclic amines) is 1. The molecule has 0 bridgehead atoms. The molecule has 21 heavy (non-hydrogen) atoms. The molecule has 1 aliphatic rings. The normalized spacial score (nSPS) is 23.0. The van der Waals surface area contributed by atoms with Crippen LogP contribution < -0.4 is 0 Å². The molecule has 122 valence electrons. The molecule has 0 aromatic heterocycles. The van der Waals surface area contributed by atoms with Gasteiger partial charge in [0.25, 0.3) is 0 Å². The fraction of sp³-hybridized carbons (Fsp3) is 0.824. The minimum Gasteiger partial charge on any atom is -0.444 e. The highest BCUT2D eigenvalue weighted by atomic mass is 16.6. The second-order valence-electron chi connectivity index (χ2n) is 6.97. The lowest BCUT2D eigenvalue weighted by molar-refractivity contribution is -0.0104. The van der Waals surface area contributed by atoms with Crippen LogP contribution in [0.1, 0.15) is 59.3 Å². The van der Waals surface area contributed by atoms with Crippen molar-refractivity contribution in [3.05, 3.63) is 12.7 Å². The molecule has 1 rings (SSSR count). The monoisotopic (exact) mass is 297 g/mol. The van der Waals surface area contributed by atoms with Crippen LogP contribution in [0.25, 0.3) is 0 Å². The number of aliphatic hydroxyl groups is 1. The summed E-state index contributed by atoms with van der Waals surface area (Å²) < 4.78 is 5.41. The molecule has 4 nitrogen and oxygen atoms in total. The molecule has 1 heterocycles. The van der Waals surface area contributed by atoms with Gasteiger partial charge in [0.1, 0.15) is 5.60 Å². The zero-order valence-electron chi connectivity index (χ0n) is 13.8. The quantitative estimate of drug-likeness (QED) is 0.600. The molecule has 0 aromatic carbocycles. The van der Waals surface area contributed by atoms with E-state index in [1.165, 1.54) is 0 Å². The largest absolute Gasteiger partial charge is 0.444 e. The van der Waals surface area contributed by atoms with Gasteiger partial charge >= 0.3 is 6.09 Å². The van der Waals surface area contributed by atoms with Crippen molar-refractivity contribution < 1.29 is 14.6 Å². The van der Waals surface area contributed by atoms with E-state index < -0.39 is 5.60 Å². The Bertz CT molecular complexity index is 335. The lowest BCUT2D eigenvalue weighted by atomic mass is 9.90. The second-order valence-corrected chi connectivity index (χ2v) is 6.97. The Morgan fingerprint density at radius 3 is 2.71 bits per heavy atom. The summed E-state index contributed by atoms with van der Waals surface area (Å²) in [6.07, 6.45) is 7.47. The number of unbranched alkanes of at least 4 members (excludes halogenated alkanes) is 3. The van der Waals surface area contributed by atoms with Crippen LogP contribution in [0.5, 0.6) is 0 Å². The average molecular weight is 297 g/mol. The molecule has 0 saturated carbocycles. The zero-order valence-corrected chi connectivity index (χ0v) is 13.8. The Kier molecular flexibility index (Phi) is 7.23. The van der Waals surface area contributed by atoms with E-state index in [1.54, 1.807) is 4.90 Å². The maximum atomic E-state index is 12.1. The first-order chi connectivity index (χ1) is 9.83. The molecule has 2 unspecified atom stereocenters. The summed E-state index contributed by atoms with van der Waals surface area (Å²) in [6, 6.07) is 0. The van der Waals surface area contributed by atoms with Gasteiger partial charge in [-0.3, -0.25) is 0 Å². The number of nitrogens with zero attached hydrogens (tertiary/aromatic N) is 1. The number of carbonyl (C=O) groups excluding carboxylic acids is 1.